The maximum Gasteiger partial charge on any atom is 0.419 e. The zero-order valence-electron chi connectivity index (χ0n) is 17.2. The monoisotopic (exact) mass is 484 g/mol. The molecule has 2 aromatic carbocycles. The Morgan fingerprint density at radius 3 is 2.48 bits per heavy atom. The van der Waals surface area contributed by atoms with E-state index in [0.717, 1.165) is 16.7 Å². The highest BCUT2D eigenvalue weighted by Gasteiger charge is 2.38. The highest BCUT2D eigenvalue weighted by atomic mass is 32.1. The first kappa shape index (κ1) is 24.1. The number of halogens is 5. The van der Waals surface area contributed by atoms with Gasteiger partial charge >= 0.3 is 6.18 Å². The molecule has 0 spiro atoms. The number of aromatic nitrogens is 1. The van der Waals surface area contributed by atoms with Crippen LogP contribution in [0.5, 0.6) is 0 Å². The van der Waals surface area contributed by atoms with E-state index in [0.29, 0.717) is 17.3 Å². The van der Waals surface area contributed by atoms with E-state index < -0.39 is 40.8 Å². The SMILES string of the molecule is CNC(=O)c1c(CC(=O)Nc2nc(-c3cc(F)cc(F)c3C(F)(F)F)cs2)cccc1NC. The van der Waals surface area contributed by atoms with E-state index in [-0.39, 0.29) is 28.9 Å². The van der Waals surface area contributed by atoms with Gasteiger partial charge in [-0.3, -0.25) is 9.59 Å². The third-order valence-electron chi connectivity index (χ3n) is 4.59. The summed E-state index contributed by atoms with van der Waals surface area (Å²) in [6, 6.07) is 5.58. The molecule has 12 heteroatoms. The summed E-state index contributed by atoms with van der Waals surface area (Å²) in [4.78, 5) is 28.7. The molecule has 3 N–H and O–H groups in total. The molecule has 0 saturated carbocycles. The Hall–Kier alpha value is -3.54. The fourth-order valence-corrected chi connectivity index (χ4v) is 3.93. The molecule has 0 aliphatic carbocycles. The predicted molar refractivity (Wildman–Crippen MR) is 114 cm³/mol. The second-order valence-electron chi connectivity index (χ2n) is 6.74. The highest BCUT2D eigenvalue weighted by molar-refractivity contribution is 7.14. The first-order chi connectivity index (χ1) is 15.5. The Bertz CT molecular complexity index is 1210. The number of carbonyl (C=O) groups is 2. The van der Waals surface area contributed by atoms with E-state index in [1.807, 2.05) is 0 Å². The number of carbonyl (C=O) groups excluding carboxylic acids is 2. The molecular weight excluding hydrogens is 467 g/mol. The number of thiazole rings is 1. The van der Waals surface area contributed by atoms with E-state index in [2.05, 4.69) is 20.9 Å². The molecule has 3 aromatic rings. The summed E-state index contributed by atoms with van der Waals surface area (Å²) in [6.45, 7) is 0. The van der Waals surface area contributed by atoms with Gasteiger partial charge in [-0.25, -0.2) is 13.8 Å². The van der Waals surface area contributed by atoms with Crippen LogP contribution < -0.4 is 16.0 Å². The summed E-state index contributed by atoms with van der Waals surface area (Å²) < 4.78 is 67.3. The first-order valence-corrected chi connectivity index (χ1v) is 10.3. The minimum Gasteiger partial charge on any atom is -0.387 e. The summed E-state index contributed by atoms with van der Waals surface area (Å²) in [7, 11) is 3.06. The maximum atomic E-state index is 13.9. The number of anilines is 2. The van der Waals surface area contributed by atoms with Gasteiger partial charge in [0.25, 0.3) is 5.91 Å². The standard InChI is InChI=1S/C21H17F5N4O2S/c1-27-14-5-3-4-10(17(14)19(32)28-2)6-16(31)30-20-29-15(9-33-20)12-7-11(22)8-13(23)18(12)21(24,25)26/h3-5,7-9,27H,6H2,1-2H3,(H,28,32)(H,29,30,31). The van der Waals surface area contributed by atoms with Crippen molar-refractivity contribution in [3.63, 3.8) is 0 Å². The summed E-state index contributed by atoms with van der Waals surface area (Å²) in [5.74, 6) is -3.95. The minimum absolute atomic E-state index is 0.0703. The Morgan fingerprint density at radius 1 is 1.12 bits per heavy atom. The van der Waals surface area contributed by atoms with E-state index in [9.17, 15) is 31.5 Å². The highest BCUT2D eigenvalue weighted by Crippen LogP contribution is 2.40. The lowest BCUT2D eigenvalue weighted by atomic mass is 10.0. The normalized spacial score (nSPS) is 11.2. The molecule has 0 fully saturated rings. The van der Waals surface area contributed by atoms with Crippen LogP contribution in [0.25, 0.3) is 11.3 Å². The molecule has 1 heterocycles. The summed E-state index contributed by atoms with van der Waals surface area (Å²) >= 11 is 0.790. The average Bonchev–Trinajstić information content (AvgIpc) is 3.19. The van der Waals surface area contributed by atoms with Crippen molar-refractivity contribution in [1.82, 2.24) is 10.3 Å². The molecule has 0 aliphatic heterocycles. The Kier molecular flexibility index (Phi) is 6.96. The van der Waals surface area contributed by atoms with Crippen molar-refractivity contribution >= 4 is 34.0 Å². The van der Waals surface area contributed by atoms with Gasteiger partial charge in [0.05, 0.1) is 17.7 Å². The van der Waals surface area contributed by atoms with E-state index in [4.69, 9.17) is 0 Å². The van der Waals surface area contributed by atoms with Gasteiger partial charge < -0.3 is 16.0 Å². The van der Waals surface area contributed by atoms with Gasteiger partial charge in [0.1, 0.15) is 17.2 Å². The average molecular weight is 484 g/mol. The largest absolute Gasteiger partial charge is 0.419 e. The first-order valence-electron chi connectivity index (χ1n) is 9.38. The fourth-order valence-electron chi connectivity index (χ4n) is 3.20. The van der Waals surface area contributed by atoms with Crippen molar-refractivity contribution < 1.29 is 31.5 Å². The van der Waals surface area contributed by atoms with Crippen molar-refractivity contribution in [3.8, 4) is 11.3 Å². The van der Waals surface area contributed by atoms with Crippen molar-refractivity contribution in [2.75, 3.05) is 24.7 Å². The molecular formula is C21H17F5N4O2S. The predicted octanol–water partition coefficient (Wildman–Crippen LogP) is 4.69. The topological polar surface area (TPSA) is 83.1 Å². The van der Waals surface area contributed by atoms with Crippen molar-refractivity contribution in [1.29, 1.82) is 0 Å². The van der Waals surface area contributed by atoms with Gasteiger partial charge in [0, 0.05) is 36.8 Å². The molecule has 33 heavy (non-hydrogen) atoms. The molecule has 0 unspecified atom stereocenters. The minimum atomic E-state index is -5.07. The van der Waals surface area contributed by atoms with Gasteiger partial charge in [0.2, 0.25) is 5.91 Å². The Labute approximate surface area is 188 Å². The van der Waals surface area contributed by atoms with Crippen LogP contribution in [0.2, 0.25) is 0 Å². The molecule has 0 radical (unpaired) electrons. The van der Waals surface area contributed by atoms with Crippen LogP contribution in [0.1, 0.15) is 21.5 Å². The molecule has 3 rings (SSSR count). The lowest BCUT2D eigenvalue weighted by molar-refractivity contribution is -0.139. The van der Waals surface area contributed by atoms with E-state index in [1.165, 1.54) is 7.05 Å². The second-order valence-corrected chi connectivity index (χ2v) is 7.60. The van der Waals surface area contributed by atoms with Crippen LogP contribution >= 0.6 is 11.3 Å². The summed E-state index contributed by atoms with van der Waals surface area (Å²) in [6.07, 6.45) is -5.30. The van der Waals surface area contributed by atoms with Gasteiger partial charge in [-0.1, -0.05) is 12.1 Å². The quantitative estimate of drug-likeness (QED) is 0.444. The zero-order chi connectivity index (χ0) is 24.3. The number of hydrogen-bond acceptors (Lipinski definition) is 5. The van der Waals surface area contributed by atoms with Gasteiger partial charge in [-0.2, -0.15) is 13.2 Å². The van der Waals surface area contributed by atoms with Gasteiger partial charge in [-0.15, -0.1) is 11.3 Å². The van der Waals surface area contributed by atoms with Crippen LogP contribution in [0.15, 0.2) is 35.7 Å². The van der Waals surface area contributed by atoms with Crippen LogP contribution in [0.3, 0.4) is 0 Å². The zero-order valence-corrected chi connectivity index (χ0v) is 18.0. The van der Waals surface area contributed by atoms with Crippen LogP contribution in [0, 0.1) is 11.6 Å². The lowest BCUT2D eigenvalue weighted by Crippen LogP contribution is -2.23. The maximum absolute atomic E-state index is 13.9. The Balaban J connectivity index is 1.86. The van der Waals surface area contributed by atoms with Gasteiger partial charge in [-0.05, 0) is 17.7 Å². The smallest absolute Gasteiger partial charge is 0.387 e. The molecule has 2 amide bonds. The Morgan fingerprint density at radius 2 is 1.85 bits per heavy atom. The molecule has 0 atom stereocenters. The van der Waals surface area contributed by atoms with Crippen molar-refractivity contribution in [2.24, 2.45) is 0 Å². The van der Waals surface area contributed by atoms with Crippen molar-refractivity contribution in [3.05, 3.63) is 64.0 Å². The van der Waals surface area contributed by atoms with Gasteiger partial charge in [0.15, 0.2) is 5.13 Å². The number of hydrogen-bond donors (Lipinski definition) is 3. The third-order valence-corrected chi connectivity index (χ3v) is 5.35. The summed E-state index contributed by atoms with van der Waals surface area (Å²) in [5.41, 5.74) is -1.59. The van der Waals surface area contributed by atoms with E-state index >= 15 is 0 Å². The van der Waals surface area contributed by atoms with Crippen molar-refractivity contribution in [2.45, 2.75) is 12.6 Å². The summed E-state index contributed by atoms with van der Waals surface area (Å²) in [5, 5.41) is 8.88. The number of nitrogens with zero attached hydrogens (tertiary/aromatic N) is 1. The number of amides is 2. The number of benzene rings is 2. The molecule has 0 saturated heterocycles. The number of rotatable bonds is 6. The molecule has 174 valence electrons. The third kappa shape index (κ3) is 5.28. The van der Waals surface area contributed by atoms with E-state index in [1.54, 1.807) is 25.2 Å². The number of nitrogens with one attached hydrogen (secondary N) is 3. The second kappa shape index (κ2) is 9.53. The molecule has 0 bridgehead atoms. The lowest BCUT2D eigenvalue weighted by Gasteiger charge is -2.13. The molecule has 1 aromatic heterocycles. The number of alkyl halides is 3. The molecule has 6 nitrogen and oxygen atoms in total. The fraction of sp³-hybridized carbons (Fsp3) is 0.190. The molecule has 0 aliphatic rings. The van der Waals surface area contributed by atoms with Crippen LogP contribution in [-0.2, 0) is 17.4 Å². The van der Waals surface area contributed by atoms with Crippen LogP contribution in [-0.4, -0.2) is 30.9 Å². The van der Waals surface area contributed by atoms with Crippen LogP contribution in [0.4, 0.5) is 32.8 Å².